The Labute approximate surface area is 168 Å². The summed E-state index contributed by atoms with van der Waals surface area (Å²) in [5.74, 6) is 2.53. The second kappa shape index (κ2) is 10.8. The number of thioether (sulfide) groups is 1. The van der Waals surface area contributed by atoms with Gasteiger partial charge in [-0.1, -0.05) is 0 Å². The van der Waals surface area contributed by atoms with Crippen molar-refractivity contribution < 1.29 is 13.2 Å². The maximum absolute atomic E-state index is 12.4. The third-order valence-corrected chi connectivity index (χ3v) is 7.67. The number of sulfonamides is 1. The van der Waals surface area contributed by atoms with Gasteiger partial charge in [0.2, 0.25) is 10.0 Å². The van der Waals surface area contributed by atoms with Gasteiger partial charge in [0.15, 0.2) is 5.96 Å². The van der Waals surface area contributed by atoms with Gasteiger partial charge in [-0.3, -0.25) is 9.89 Å². The minimum atomic E-state index is -3.20. The lowest BCUT2D eigenvalue weighted by atomic mass is 10.0. The van der Waals surface area contributed by atoms with Crippen LogP contribution < -0.4 is 10.6 Å². The molecule has 0 unspecified atom stereocenters. The van der Waals surface area contributed by atoms with Crippen molar-refractivity contribution in [3.8, 4) is 0 Å². The Kier molecular flexibility index (Phi) is 9.13. The van der Waals surface area contributed by atoms with Gasteiger partial charge in [0, 0.05) is 56.3 Å². The molecule has 0 aromatic heterocycles. The van der Waals surface area contributed by atoms with Crippen molar-refractivity contribution in [1.82, 2.24) is 19.8 Å². The molecule has 0 radical (unpaired) electrons. The molecule has 8 nitrogen and oxygen atoms in total. The molecule has 27 heavy (non-hydrogen) atoms. The third-order valence-electron chi connectivity index (χ3n) is 4.85. The zero-order valence-corrected chi connectivity index (χ0v) is 18.5. The van der Waals surface area contributed by atoms with E-state index in [9.17, 15) is 8.42 Å². The summed E-state index contributed by atoms with van der Waals surface area (Å²) in [4.78, 5) is 7.08. The SMILES string of the molecule is CCNC(=NCC(C)(C)N1CCOCC1)NCCS(=O)(=O)N1CCSCC1. The molecule has 2 aliphatic rings. The van der Waals surface area contributed by atoms with E-state index in [1.54, 1.807) is 4.31 Å². The third kappa shape index (κ3) is 7.41. The number of rotatable bonds is 8. The van der Waals surface area contributed by atoms with Crippen LogP contribution in [0.5, 0.6) is 0 Å². The minimum Gasteiger partial charge on any atom is -0.379 e. The van der Waals surface area contributed by atoms with Crippen molar-refractivity contribution in [1.29, 1.82) is 0 Å². The van der Waals surface area contributed by atoms with Gasteiger partial charge in [-0.15, -0.1) is 0 Å². The standard InChI is InChI=1S/C17H35N5O3S2/c1-4-18-16(20-15-17(2,3)21-6-10-25-11-7-21)19-5-14-27(23,24)22-8-12-26-13-9-22/h4-15H2,1-3H3,(H2,18,19,20). The number of hydrogen-bond acceptors (Lipinski definition) is 6. The fourth-order valence-corrected chi connectivity index (χ4v) is 5.63. The van der Waals surface area contributed by atoms with Crippen LogP contribution in [0.15, 0.2) is 4.99 Å². The Morgan fingerprint density at radius 2 is 1.81 bits per heavy atom. The molecule has 2 N–H and O–H groups in total. The molecule has 2 aliphatic heterocycles. The van der Waals surface area contributed by atoms with Crippen LogP contribution in [-0.4, -0.2) is 105 Å². The minimum absolute atomic E-state index is 0.0658. The summed E-state index contributed by atoms with van der Waals surface area (Å²) in [6.07, 6.45) is 0. The normalized spacial score (nSPS) is 21.2. The van der Waals surface area contributed by atoms with Gasteiger partial charge in [0.25, 0.3) is 0 Å². The highest BCUT2D eigenvalue weighted by molar-refractivity contribution is 7.99. The van der Waals surface area contributed by atoms with Gasteiger partial charge in [-0.05, 0) is 20.8 Å². The van der Waals surface area contributed by atoms with Gasteiger partial charge >= 0.3 is 0 Å². The van der Waals surface area contributed by atoms with E-state index in [1.165, 1.54) is 0 Å². The van der Waals surface area contributed by atoms with E-state index in [4.69, 9.17) is 9.73 Å². The van der Waals surface area contributed by atoms with Crippen LogP contribution in [0.4, 0.5) is 0 Å². The van der Waals surface area contributed by atoms with Crippen LogP contribution in [0, 0.1) is 0 Å². The van der Waals surface area contributed by atoms with Gasteiger partial charge in [0.1, 0.15) is 0 Å². The topological polar surface area (TPSA) is 86.3 Å². The predicted octanol–water partition coefficient (Wildman–Crippen LogP) is 0.0309. The van der Waals surface area contributed by atoms with Crippen molar-refractivity contribution in [3.05, 3.63) is 0 Å². The molecule has 0 amide bonds. The van der Waals surface area contributed by atoms with Gasteiger partial charge < -0.3 is 15.4 Å². The first-order valence-electron chi connectivity index (χ1n) is 9.76. The monoisotopic (exact) mass is 421 g/mol. The fraction of sp³-hybridized carbons (Fsp3) is 0.941. The number of hydrogen-bond donors (Lipinski definition) is 2. The Balaban J connectivity index is 1.85. The van der Waals surface area contributed by atoms with Gasteiger partial charge in [-0.25, -0.2) is 12.7 Å². The lowest BCUT2D eigenvalue weighted by Crippen LogP contribution is -2.52. The summed E-state index contributed by atoms with van der Waals surface area (Å²) in [6.45, 7) is 12.7. The molecule has 2 saturated heterocycles. The summed E-state index contributed by atoms with van der Waals surface area (Å²) in [7, 11) is -3.20. The van der Waals surface area contributed by atoms with E-state index >= 15 is 0 Å². The number of ether oxygens (including phenoxy) is 1. The lowest BCUT2D eigenvalue weighted by molar-refractivity contribution is -0.00683. The van der Waals surface area contributed by atoms with Crippen molar-refractivity contribution in [2.75, 3.05) is 76.3 Å². The molecular weight excluding hydrogens is 386 g/mol. The Hall–Kier alpha value is -0.550. The summed E-state index contributed by atoms with van der Waals surface area (Å²) in [5.41, 5.74) is -0.0658. The lowest BCUT2D eigenvalue weighted by Gasteiger charge is -2.39. The van der Waals surface area contributed by atoms with E-state index in [-0.39, 0.29) is 11.3 Å². The molecule has 10 heteroatoms. The zero-order valence-electron chi connectivity index (χ0n) is 16.9. The van der Waals surface area contributed by atoms with Gasteiger partial charge in [-0.2, -0.15) is 11.8 Å². The molecule has 0 aromatic rings. The molecule has 0 spiro atoms. The summed E-state index contributed by atoms with van der Waals surface area (Å²) >= 11 is 1.81. The first-order chi connectivity index (χ1) is 12.8. The summed E-state index contributed by atoms with van der Waals surface area (Å²) in [5, 5.41) is 6.38. The first-order valence-corrected chi connectivity index (χ1v) is 12.5. The van der Waals surface area contributed by atoms with E-state index in [1.807, 2.05) is 18.7 Å². The fourth-order valence-electron chi connectivity index (χ4n) is 3.14. The van der Waals surface area contributed by atoms with Crippen LogP contribution in [0.1, 0.15) is 20.8 Å². The van der Waals surface area contributed by atoms with Crippen LogP contribution in [0.3, 0.4) is 0 Å². The Bertz CT molecular complexity index is 571. The highest BCUT2D eigenvalue weighted by Crippen LogP contribution is 2.16. The van der Waals surface area contributed by atoms with Crippen molar-refractivity contribution in [2.24, 2.45) is 4.99 Å². The molecule has 0 aliphatic carbocycles. The highest BCUT2D eigenvalue weighted by atomic mass is 32.2. The quantitative estimate of drug-likeness (QED) is 0.422. The number of nitrogens with zero attached hydrogens (tertiary/aromatic N) is 3. The van der Waals surface area contributed by atoms with Gasteiger partial charge in [0.05, 0.1) is 25.5 Å². The van der Waals surface area contributed by atoms with E-state index < -0.39 is 10.0 Å². The number of aliphatic imine (C=N–C) groups is 1. The zero-order chi connectivity index (χ0) is 19.8. The van der Waals surface area contributed by atoms with Crippen molar-refractivity contribution >= 4 is 27.7 Å². The molecule has 0 aromatic carbocycles. The Morgan fingerprint density at radius 3 is 2.44 bits per heavy atom. The maximum atomic E-state index is 12.4. The smallest absolute Gasteiger partial charge is 0.215 e. The van der Waals surface area contributed by atoms with Crippen molar-refractivity contribution in [3.63, 3.8) is 0 Å². The van der Waals surface area contributed by atoms with Crippen molar-refractivity contribution in [2.45, 2.75) is 26.3 Å². The molecule has 158 valence electrons. The largest absolute Gasteiger partial charge is 0.379 e. The molecule has 0 bridgehead atoms. The van der Waals surface area contributed by atoms with E-state index in [2.05, 4.69) is 29.4 Å². The summed E-state index contributed by atoms with van der Waals surface area (Å²) < 4.78 is 31.9. The van der Waals surface area contributed by atoms with Crippen LogP contribution in [0.2, 0.25) is 0 Å². The maximum Gasteiger partial charge on any atom is 0.215 e. The second-order valence-corrected chi connectivity index (χ2v) is 10.7. The van der Waals surface area contributed by atoms with Crippen LogP contribution in [0.25, 0.3) is 0 Å². The molecule has 2 fully saturated rings. The van der Waals surface area contributed by atoms with Crippen LogP contribution in [-0.2, 0) is 14.8 Å². The number of morpholine rings is 1. The molecule has 0 atom stereocenters. The second-order valence-electron chi connectivity index (χ2n) is 7.36. The molecule has 2 heterocycles. The molecular formula is C17H35N5O3S2. The average molecular weight is 422 g/mol. The number of nitrogens with one attached hydrogen (secondary N) is 2. The van der Waals surface area contributed by atoms with E-state index in [0.29, 0.717) is 32.1 Å². The molecule has 0 saturated carbocycles. The number of guanidine groups is 1. The summed E-state index contributed by atoms with van der Waals surface area (Å²) in [6, 6.07) is 0. The Morgan fingerprint density at radius 1 is 1.15 bits per heavy atom. The van der Waals surface area contributed by atoms with E-state index in [0.717, 1.165) is 44.4 Å². The predicted molar refractivity (Wildman–Crippen MR) is 113 cm³/mol. The first kappa shape index (κ1) is 22.7. The highest BCUT2D eigenvalue weighted by Gasteiger charge is 2.28. The molecule has 2 rings (SSSR count). The average Bonchev–Trinajstić information content (AvgIpc) is 2.67. The van der Waals surface area contributed by atoms with Crippen LogP contribution >= 0.6 is 11.8 Å².